The molecule has 0 atom stereocenters. The second-order valence-electron chi connectivity index (χ2n) is 5.39. The van der Waals surface area contributed by atoms with Crippen molar-refractivity contribution >= 4 is 5.91 Å². The topological polar surface area (TPSA) is 55.1 Å². The number of hydrogen-bond donors (Lipinski definition) is 2. The van der Waals surface area contributed by atoms with Crippen molar-refractivity contribution in [1.29, 1.82) is 0 Å². The van der Waals surface area contributed by atoms with Gasteiger partial charge in [-0.2, -0.15) is 0 Å². The Hall–Kier alpha value is -1.49. The molecule has 0 aromatic heterocycles. The van der Waals surface area contributed by atoms with Gasteiger partial charge in [0, 0.05) is 18.5 Å². The quantitative estimate of drug-likeness (QED) is 0.890. The highest BCUT2D eigenvalue weighted by atomic mass is 19.2. The van der Waals surface area contributed by atoms with Crippen LogP contribution in [0.3, 0.4) is 0 Å². The van der Waals surface area contributed by atoms with E-state index in [1.165, 1.54) is 12.1 Å². The number of halogens is 2. The molecule has 0 aliphatic heterocycles. The van der Waals surface area contributed by atoms with Crippen LogP contribution in [0.4, 0.5) is 8.78 Å². The lowest BCUT2D eigenvalue weighted by atomic mass is 9.91. The van der Waals surface area contributed by atoms with E-state index in [1.807, 2.05) is 0 Å². The molecule has 0 radical (unpaired) electrons. The van der Waals surface area contributed by atoms with Gasteiger partial charge in [0.25, 0.3) is 0 Å². The average Bonchev–Trinajstić information content (AvgIpc) is 2.43. The minimum atomic E-state index is -0.871. The van der Waals surface area contributed by atoms with Crippen molar-refractivity contribution in [2.24, 2.45) is 5.73 Å². The lowest BCUT2D eigenvalue weighted by Gasteiger charge is -2.26. The zero-order valence-electron chi connectivity index (χ0n) is 11.4. The van der Waals surface area contributed by atoms with E-state index >= 15 is 0 Å². The summed E-state index contributed by atoms with van der Waals surface area (Å²) < 4.78 is 26.5. The number of carbonyl (C=O) groups is 1. The van der Waals surface area contributed by atoms with E-state index in [9.17, 15) is 13.6 Å². The molecule has 20 heavy (non-hydrogen) atoms. The fourth-order valence-corrected chi connectivity index (χ4v) is 2.55. The van der Waals surface area contributed by atoms with E-state index in [2.05, 4.69) is 5.32 Å². The maximum atomic E-state index is 13.4. The molecule has 1 amide bonds. The lowest BCUT2D eigenvalue weighted by Crippen LogP contribution is -2.40. The summed E-state index contributed by atoms with van der Waals surface area (Å²) in [6.07, 6.45) is 4.00. The van der Waals surface area contributed by atoms with Crippen molar-refractivity contribution in [3.05, 3.63) is 35.4 Å². The Bertz CT molecular complexity index is 471. The van der Waals surface area contributed by atoms with E-state index < -0.39 is 11.6 Å². The Balaban J connectivity index is 1.79. The minimum absolute atomic E-state index is 0.117. The van der Waals surface area contributed by atoms with Gasteiger partial charge < -0.3 is 11.1 Å². The molecule has 1 aliphatic carbocycles. The third-order valence-corrected chi connectivity index (χ3v) is 3.79. The lowest BCUT2D eigenvalue weighted by molar-refractivity contribution is -0.122. The van der Waals surface area contributed by atoms with E-state index in [-0.39, 0.29) is 36.4 Å². The average molecular weight is 282 g/mol. The van der Waals surface area contributed by atoms with Gasteiger partial charge in [-0.05, 0) is 43.7 Å². The van der Waals surface area contributed by atoms with Gasteiger partial charge in [-0.1, -0.05) is 12.1 Å². The Morgan fingerprint density at radius 3 is 2.65 bits per heavy atom. The smallest absolute Gasteiger partial charge is 0.220 e. The highest BCUT2D eigenvalue weighted by Crippen LogP contribution is 2.17. The third kappa shape index (κ3) is 4.00. The molecule has 0 bridgehead atoms. The molecule has 110 valence electrons. The van der Waals surface area contributed by atoms with Crippen LogP contribution < -0.4 is 11.1 Å². The molecule has 0 heterocycles. The standard InChI is InChI=1S/C15H20F2N2O/c16-13-3-1-2-10(15(13)17)4-9-14(20)19-12-7-5-11(18)6-8-12/h1-3,11-12H,4-9,18H2,(H,19,20). The van der Waals surface area contributed by atoms with Crippen molar-refractivity contribution in [1.82, 2.24) is 5.32 Å². The summed E-state index contributed by atoms with van der Waals surface area (Å²) in [5, 5.41) is 2.93. The number of aryl methyl sites for hydroxylation is 1. The summed E-state index contributed by atoms with van der Waals surface area (Å²) in [6, 6.07) is 4.44. The van der Waals surface area contributed by atoms with E-state index in [0.29, 0.717) is 0 Å². The molecule has 1 aromatic carbocycles. The minimum Gasteiger partial charge on any atom is -0.353 e. The van der Waals surface area contributed by atoms with Crippen molar-refractivity contribution in [3.8, 4) is 0 Å². The molecule has 1 aliphatic rings. The van der Waals surface area contributed by atoms with Crippen LogP contribution in [0.15, 0.2) is 18.2 Å². The Morgan fingerprint density at radius 2 is 1.95 bits per heavy atom. The first-order chi connectivity index (χ1) is 9.56. The molecule has 0 saturated heterocycles. The highest BCUT2D eigenvalue weighted by Gasteiger charge is 2.20. The van der Waals surface area contributed by atoms with Crippen molar-refractivity contribution in [3.63, 3.8) is 0 Å². The van der Waals surface area contributed by atoms with Crippen LogP contribution in [0.1, 0.15) is 37.7 Å². The van der Waals surface area contributed by atoms with Crippen LogP contribution in [0, 0.1) is 11.6 Å². The summed E-state index contributed by atoms with van der Waals surface area (Å²) in [5.74, 6) is -1.85. The first-order valence-electron chi connectivity index (χ1n) is 7.04. The number of benzene rings is 1. The number of rotatable bonds is 4. The molecular formula is C15H20F2N2O. The van der Waals surface area contributed by atoms with Gasteiger partial charge in [-0.25, -0.2) is 8.78 Å². The number of nitrogens with two attached hydrogens (primary N) is 1. The summed E-state index contributed by atoms with van der Waals surface area (Å²) in [6.45, 7) is 0. The van der Waals surface area contributed by atoms with E-state index in [4.69, 9.17) is 5.73 Å². The van der Waals surface area contributed by atoms with Crippen molar-refractivity contribution in [2.45, 2.75) is 50.6 Å². The SMILES string of the molecule is NC1CCC(NC(=O)CCc2cccc(F)c2F)CC1. The van der Waals surface area contributed by atoms with Crippen LogP contribution in [0.25, 0.3) is 0 Å². The largest absolute Gasteiger partial charge is 0.353 e. The van der Waals surface area contributed by atoms with Crippen LogP contribution in [0.5, 0.6) is 0 Å². The van der Waals surface area contributed by atoms with E-state index in [0.717, 1.165) is 31.7 Å². The fraction of sp³-hybridized carbons (Fsp3) is 0.533. The van der Waals surface area contributed by atoms with Crippen LogP contribution in [-0.4, -0.2) is 18.0 Å². The molecule has 3 N–H and O–H groups in total. The molecule has 5 heteroatoms. The first kappa shape index (κ1) is 14.9. The monoisotopic (exact) mass is 282 g/mol. The highest BCUT2D eigenvalue weighted by molar-refractivity contribution is 5.76. The van der Waals surface area contributed by atoms with Gasteiger partial charge in [0.2, 0.25) is 5.91 Å². The number of nitrogens with one attached hydrogen (secondary N) is 1. The third-order valence-electron chi connectivity index (χ3n) is 3.79. The molecule has 0 spiro atoms. The van der Waals surface area contributed by atoms with Gasteiger partial charge in [0.1, 0.15) is 0 Å². The molecule has 3 nitrogen and oxygen atoms in total. The molecule has 1 saturated carbocycles. The van der Waals surface area contributed by atoms with E-state index in [1.54, 1.807) is 0 Å². The van der Waals surface area contributed by atoms with Gasteiger partial charge in [0.05, 0.1) is 0 Å². The predicted molar refractivity (Wildman–Crippen MR) is 73.1 cm³/mol. The zero-order chi connectivity index (χ0) is 14.5. The molecular weight excluding hydrogens is 262 g/mol. The van der Waals surface area contributed by atoms with Gasteiger partial charge in [-0.15, -0.1) is 0 Å². The normalized spacial score (nSPS) is 22.6. The zero-order valence-corrected chi connectivity index (χ0v) is 11.4. The number of amides is 1. The number of hydrogen-bond acceptors (Lipinski definition) is 2. The maximum Gasteiger partial charge on any atom is 0.220 e. The van der Waals surface area contributed by atoms with Crippen molar-refractivity contribution in [2.75, 3.05) is 0 Å². The van der Waals surface area contributed by atoms with Crippen molar-refractivity contribution < 1.29 is 13.6 Å². The molecule has 2 rings (SSSR count). The molecule has 1 aromatic rings. The van der Waals surface area contributed by atoms with Crippen LogP contribution in [0.2, 0.25) is 0 Å². The second-order valence-corrected chi connectivity index (χ2v) is 5.39. The summed E-state index contributed by atoms with van der Waals surface area (Å²) in [4.78, 5) is 11.8. The van der Waals surface area contributed by atoms with Gasteiger partial charge >= 0.3 is 0 Å². The molecule has 0 unspecified atom stereocenters. The first-order valence-corrected chi connectivity index (χ1v) is 7.04. The van der Waals surface area contributed by atoms with Crippen LogP contribution >= 0.6 is 0 Å². The fourth-order valence-electron chi connectivity index (χ4n) is 2.55. The Labute approximate surface area is 117 Å². The maximum absolute atomic E-state index is 13.4. The summed E-state index contributed by atoms with van der Waals surface area (Å²) >= 11 is 0. The Kier molecular flexibility index (Phi) is 5.06. The predicted octanol–water partition coefficient (Wildman–Crippen LogP) is 2.28. The summed E-state index contributed by atoms with van der Waals surface area (Å²) in [7, 11) is 0. The van der Waals surface area contributed by atoms with Gasteiger partial charge in [0.15, 0.2) is 11.6 Å². The Morgan fingerprint density at radius 1 is 1.25 bits per heavy atom. The van der Waals surface area contributed by atoms with Gasteiger partial charge in [-0.3, -0.25) is 4.79 Å². The second kappa shape index (κ2) is 6.79. The molecule has 1 fully saturated rings. The summed E-state index contributed by atoms with van der Waals surface area (Å²) in [5.41, 5.74) is 6.04. The number of carbonyl (C=O) groups excluding carboxylic acids is 1. The van der Waals surface area contributed by atoms with Crippen LogP contribution in [-0.2, 0) is 11.2 Å².